The summed E-state index contributed by atoms with van der Waals surface area (Å²) in [4.78, 5) is 8.43. The van der Waals surface area contributed by atoms with Gasteiger partial charge in [-0.3, -0.25) is 9.97 Å². The normalized spacial score (nSPS) is 9.60. The van der Waals surface area contributed by atoms with Crippen molar-refractivity contribution in [3.63, 3.8) is 0 Å². The van der Waals surface area contributed by atoms with Crippen molar-refractivity contribution in [2.24, 2.45) is 0 Å². The zero-order valence-corrected chi connectivity index (χ0v) is 8.31. The van der Waals surface area contributed by atoms with E-state index in [0.717, 1.165) is 17.0 Å². The van der Waals surface area contributed by atoms with Gasteiger partial charge in [0.25, 0.3) is 0 Å². The molecule has 0 saturated carbocycles. The van der Waals surface area contributed by atoms with Gasteiger partial charge in [0, 0.05) is 11.8 Å². The van der Waals surface area contributed by atoms with E-state index in [9.17, 15) is 0 Å². The Morgan fingerprint density at radius 2 is 1.80 bits per heavy atom. The molecule has 0 N–H and O–H groups in total. The minimum Gasteiger partial charge on any atom is -0.258 e. The van der Waals surface area contributed by atoms with Gasteiger partial charge in [-0.15, -0.1) is 0 Å². The van der Waals surface area contributed by atoms with Crippen LogP contribution in [0.2, 0.25) is 0 Å². The Labute approximate surface area is 88.1 Å². The molecule has 0 unspecified atom stereocenters. The molecule has 1 aromatic heterocycles. The minimum absolute atomic E-state index is 0.652. The van der Waals surface area contributed by atoms with Crippen molar-refractivity contribution in [3.8, 4) is 17.3 Å². The van der Waals surface area contributed by atoms with Crippen molar-refractivity contribution in [1.29, 1.82) is 5.26 Å². The van der Waals surface area contributed by atoms with Gasteiger partial charge in [0.15, 0.2) is 0 Å². The van der Waals surface area contributed by atoms with Crippen LogP contribution in [-0.4, -0.2) is 9.97 Å². The average Bonchev–Trinajstić information content (AvgIpc) is 2.30. The fourth-order valence-corrected chi connectivity index (χ4v) is 1.26. The maximum atomic E-state index is 8.66. The van der Waals surface area contributed by atoms with E-state index in [2.05, 4.69) is 16.0 Å². The minimum atomic E-state index is 0.652. The zero-order valence-electron chi connectivity index (χ0n) is 8.31. The predicted molar refractivity (Wildman–Crippen MR) is 56.9 cm³/mol. The molecule has 0 amide bonds. The predicted octanol–water partition coefficient (Wildman–Crippen LogP) is 2.32. The second kappa shape index (κ2) is 3.89. The van der Waals surface area contributed by atoms with Crippen LogP contribution >= 0.6 is 0 Å². The van der Waals surface area contributed by atoms with Gasteiger partial charge in [-0.25, -0.2) is 0 Å². The molecule has 15 heavy (non-hydrogen) atoms. The van der Waals surface area contributed by atoms with Crippen molar-refractivity contribution in [2.75, 3.05) is 0 Å². The highest BCUT2D eigenvalue weighted by atomic mass is 14.8. The Kier molecular flexibility index (Phi) is 2.42. The number of hydrogen-bond acceptors (Lipinski definition) is 3. The highest BCUT2D eigenvalue weighted by molar-refractivity contribution is 5.59. The third-order valence-electron chi connectivity index (χ3n) is 2.09. The molecular formula is C12H9N3. The van der Waals surface area contributed by atoms with Crippen LogP contribution in [0.3, 0.4) is 0 Å². The molecule has 2 rings (SSSR count). The van der Waals surface area contributed by atoms with Gasteiger partial charge in [0.05, 0.1) is 29.2 Å². The lowest BCUT2D eigenvalue weighted by atomic mass is 10.1. The van der Waals surface area contributed by atoms with E-state index in [4.69, 9.17) is 5.26 Å². The van der Waals surface area contributed by atoms with Gasteiger partial charge in [-0.1, -0.05) is 12.1 Å². The Hall–Kier alpha value is -2.21. The first kappa shape index (κ1) is 9.35. The highest BCUT2D eigenvalue weighted by Crippen LogP contribution is 2.15. The highest BCUT2D eigenvalue weighted by Gasteiger charge is 1.99. The van der Waals surface area contributed by atoms with E-state index in [0.29, 0.717) is 5.56 Å². The Balaban J connectivity index is 2.38. The molecule has 2 aromatic rings. The standard InChI is InChI=1S/C12H9N3/c1-9-7-15-12(8-14-9)11-4-2-10(6-13)3-5-11/h2-5,7-8H,1H3. The largest absolute Gasteiger partial charge is 0.258 e. The zero-order chi connectivity index (χ0) is 10.7. The molecule has 0 saturated heterocycles. The van der Waals surface area contributed by atoms with Crippen LogP contribution in [0.15, 0.2) is 36.7 Å². The summed E-state index contributed by atoms with van der Waals surface area (Å²) in [6.45, 7) is 1.90. The molecule has 0 spiro atoms. The number of nitriles is 1. The molecule has 0 radical (unpaired) electrons. The Morgan fingerprint density at radius 3 is 2.33 bits per heavy atom. The first-order valence-electron chi connectivity index (χ1n) is 4.59. The van der Waals surface area contributed by atoms with Gasteiger partial charge >= 0.3 is 0 Å². The van der Waals surface area contributed by atoms with Gasteiger partial charge in [0.1, 0.15) is 0 Å². The number of rotatable bonds is 1. The monoisotopic (exact) mass is 195 g/mol. The lowest BCUT2D eigenvalue weighted by molar-refractivity contribution is 1.12. The summed E-state index contributed by atoms with van der Waals surface area (Å²) in [6, 6.07) is 9.37. The van der Waals surface area contributed by atoms with Crippen LogP contribution in [0.5, 0.6) is 0 Å². The molecular weight excluding hydrogens is 186 g/mol. The van der Waals surface area contributed by atoms with Crippen molar-refractivity contribution >= 4 is 0 Å². The number of benzene rings is 1. The fraction of sp³-hybridized carbons (Fsp3) is 0.0833. The SMILES string of the molecule is Cc1cnc(-c2ccc(C#N)cc2)cn1. The van der Waals surface area contributed by atoms with Crippen molar-refractivity contribution in [3.05, 3.63) is 47.9 Å². The average molecular weight is 195 g/mol. The second-order valence-corrected chi connectivity index (χ2v) is 3.23. The van der Waals surface area contributed by atoms with E-state index < -0.39 is 0 Å². The van der Waals surface area contributed by atoms with Crippen molar-refractivity contribution in [2.45, 2.75) is 6.92 Å². The van der Waals surface area contributed by atoms with E-state index in [-0.39, 0.29) is 0 Å². The molecule has 0 aliphatic carbocycles. The molecule has 1 aromatic carbocycles. The van der Waals surface area contributed by atoms with Gasteiger partial charge < -0.3 is 0 Å². The van der Waals surface area contributed by atoms with Crippen LogP contribution < -0.4 is 0 Å². The van der Waals surface area contributed by atoms with E-state index in [1.54, 1.807) is 24.5 Å². The lowest BCUT2D eigenvalue weighted by Crippen LogP contribution is -1.87. The molecule has 0 atom stereocenters. The molecule has 3 heteroatoms. The van der Waals surface area contributed by atoms with Crippen LogP contribution in [0.25, 0.3) is 11.3 Å². The maximum absolute atomic E-state index is 8.66. The van der Waals surface area contributed by atoms with Gasteiger partial charge in [0.2, 0.25) is 0 Å². The second-order valence-electron chi connectivity index (χ2n) is 3.23. The van der Waals surface area contributed by atoms with Gasteiger partial charge in [-0.2, -0.15) is 5.26 Å². The number of hydrogen-bond donors (Lipinski definition) is 0. The summed E-state index contributed by atoms with van der Waals surface area (Å²) in [6.07, 6.45) is 3.46. The van der Waals surface area contributed by atoms with Crippen LogP contribution in [0.1, 0.15) is 11.3 Å². The first-order valence-corrected chi connectivity index (χ1v) is 4.59. The van der Waals surface area contributed by atoms with Gasteiger partial charge in [-0.05, 0) is 19.1 Å². The Morgan fingerprint density at radius 1 is 1.07 bits per heavy atom. The quantitative estimate of drug-likeness (QED) is 0.701. The smallest absolute Gasteiger partial charge is 0.0991 e. The van der Waals surface area contributed by atoms with E-state index in [1.807, 2.05) is 19.1 Å². The fourth-order valence-electron chi connectivity index (χ4n) is 1.26. The van der Waals surface area contributed by atoms with E-state index >= 15 is 0 Å². The van der Waals surface area contributed by atoms with Crippen molar-refractivity contribution < 1.29 is 0 Å². The number of aromatic nitrogens is 2. The van der Waals surface area contributed by atoms with E-state index in [1.165, 1.54) is 0 Å². The summed E-state index contributed by atoms with van der Waals surface area (Å²) in [5.74, 6) is 0. The summed E-state index contributed by atoms with van der Waals surface area (Å²) in [5, 5.41) is 8.66. The summed E-state index contributed by atoms with van der Waals surface area (Å²) >= 11 is 0. The van der Waals surface area contributed by atoms with Crippen LogP contribution in [0, 0.1) is 18.3 Å². The molecule has 72 valence electrons. The number of aryl methyl sites for hydroxylation is 1. The first-order chi connectivity index (χ1) is 7.29. The molecule has 0 fully saturated rings. The molecule has 0 aliphatic heterocycles. The topological polar surface area (TPSA) is 49.6 Å². The van der Waals surface area contributed by atoms with Crippen molar-refractivity contribution in [1.82, 2.24) is 9.97 Å². The maximum Gasteiger partial charge on any atom is 0.0991 e. The summed E-state index contributed by atoms with van der Waals surface area (Å²) in [7, 11) is 0. The van der Waals surface area contributed by atoms with Crippen LogP contribution in [-0.2, 0) is 0 Å². The molecule has 0 aliphatic rings. The van der Waals surface area contributed by atoms with Crippen LogP contribution in [0.4, 0.5) is 0 Å². The Bertz CT molecular complexity index is 492. The third kappa shape index (κ3) is 2.00. The third-order valence-corrected chi connectivity index (χ3v) is 2.09. The number of nitrogens with zero attached hydrogens (tertiary/aromatic N) is 3. The summed E-state index contributed by atoms with van der Waals surface area (Å²) in [5.41, 5.74) is 3.35. The summed E-state index contributed by atoms with van der Waals surface area (Å²) < 4.78 is 0. The lowest BCUT2D eigenvalue weighted by Gasteiger charge is -2.00. The molecule has 0 bridgehead atoms. The molecule has 3 nitrogen and oxygen atoms in total. The molecule has 1 heterocycles.